The molecule has 7 heteroatoms. The Labute approximate surface area is 184 Å². The molecule has 158 valence electrons. The highest BCUT2D eigenvalue weighted by atomic mass is 35.5. The molecule has 2 aromatic carbocycles. The molecule has 1 atom stereocenters. The molecular formula is C24H20ClNO5. The average Bonchev–Trinajstić information content (AvgIpc) is 3.07. The molecule has 1 aliphatic heterocycles. The zero-order valence-electron chi connectivity index (χ0n) is 16.5. The minimum Gasteiger partial charge on any atom is -0.409 e. The Hall–Kier alpha value is -3.22. The smallest absolute Gasteiger partial charge is 0.409 e. The number of carbonyl (C=O) groups is 2. The van der Waals surface area contributed by atoms with Crippen molar-refractivity contribution in [2.75, 3.05) is 0 Å². The predicted molar refractivity (Wildman–Crippen MR) is 114 cm³/mol. The molecule has 1 aliphatic rings. The molecule has 1 unspecified atom stereocenters. The fourth-order valence-corrected chi connectivity index (χ4v) is 3.91. The Morgan fingerprint density at radius 1 is 1.00 bits per heavy atom. The standard InChI is InChI=1S/C24H20ClNO5/c25-21-13-18(9-11-20(21)17-6-2-1-3-7-17)24(30-22(28)23(29)31-24)14-19(27)10-8-16-5-4-12-26-15-16/h1-7,9,11-13,15,19,27H,8,10,14H2. The van der Waals surface area contributed by atoms with Crippen molar-refractivity contribution < 1.29 is 24.2 Å². The maximum Gasteiger partial charge on any atom is 0.421 e. The van der Waals surface area contributed by atoms with E-state index in [9.17, 15) is 14.7 Å². The Kier molecular flexibility index (Phi) is 6.02. The van der Waals surface area contributed by atoms with Crippen LogP contribution in [0.2, 0.25) is 5.02 Å². The van der Waals surface area contributed by atoms with Crippen LogP contribution in [0.1, 0.15) is 24.0 Å². The first-order valence-corrected chi connectivity index (χ1v) is 10.2. The Morgan fingerprint density at radius 3 is 2.39 bits per heavy atom. The van der Waals surface area contributed by atoms with E-state index in [1.54, 1.807) is 30.6 Å². The molecule has 0 bridgehead atoms. The van der Waals surface area contributed by atoms with Gasteiger partial charge in [0.25, 0.3) is 5.79 Å². The fraction of sp³-hybridized carbons (Fsp3) is 0.208. The van der Waals surface area contributed by atoms with Gasteiger partial charge < -0.3 is 14.6 Å². The minimum absolute atomic E-state index is 0.105. The molecule has 1 fully saturated rings. The van der Waals surface area contributed by atoms with Crippen molar-refractivity contribution in [3.8, 4) is 11.1 Å². The number of ether oxygens (including phenoxy) is 2. The lowest BCUT2D eigenvalue weighted by atomic mass is 9.94. The summed E-state index contributed by atoms with van der Waals surface area (Å²) in [6, 6.07) is 18.4. The van der Waals surface area contributed by atoms with Crippen LogP contribution < -0.4 is 0 Å². The molecule has 6 nitrogen and oxygen atoms in total. The summed E-state index contributed by atoms with van der Waals surface area (Å²) in [4.78, 5) is 27.8. The van der Waals surface area contributed by atoms with Crippen LogP contribution in [0, 0.1) is 0 Å². The van der Waals surface area contributed by atoms with Crippen molar-refractivity contribution in [3.63, 3.8) is 0 Å². The van der Waals surface area contributed by atoms with E-state index in [4.69, 9.17) is 21.1 Å². The van der Waals surface area contributed by atoms with Crippen LogP contribution in [-0.4, -0.2) is 28.1 Å². The average molecular weight is 438 g/mol. The van der Waals surface area contributed by atoms with E-state index >= 15 is 0 Å². The molecule has 0 aliphatic carbocycles. The number of aliphatic hydroxyl groups is 1. The summed E-state index contributed by atoms with van der Waals surface area (Å²) in [5.41, 5.74) is 3.06. The lowest BCUT2D eigenvalue weighted by Crippen LogP contribution is -2.33. The third kappa shape index (κ3) is 4.60. The van der Waals surface area contributed by atoms with Crippen LogP contribution in [0.4, 0.5) is 0 Å². The summed E-state index contributed by atoms with van der Waals surface area (Å²) in [5.74, 6) is -3.91. The zero-order valence-corrected chi connectivity index (χ0v) is 17.3. The molecule has 31 heavy (non-hydrogen) atoms. The maximum atomic E-state index is 11.9. The highest BCUT2D eigenvalue weighted by Crippen LogP contribution is 2.40. The summed E-state index contributed by atoms with van der Waals surface area (Å²) >= 11 is 6.50. The molecule has 1 aromatic heterocycles. The van der Waals surface area contributed by atoms with Crippen LogP contribution in [0.15, 0.2) is 73.1 Å². The number of halogens is 1. The van der Waals surface area contributed by atoms with Gasteiger partial charge >= 0.3 is 11.9 Å². The first-order chi connectivity index (χ1) is 15.0. The quantitative estimate of drug-likeness (QED) is 0.443. The largest absolute Gasteiger partial charge is 0.421 e. The van der Waals surface area contributed by atoms with Crippen molar-refractivity contribution in [1.82, 2.24) is 4.98 Å². The Balaban J connectivity index is 1.58. The van der Waals surface area contributed by atoms with Crippen LogP contribution >= 0.6 is 11.6 Å². The van der Waals surface area contributed by atoms with Gasteiger partial charge in [-0.3, -0.25) is 4.98 Å². The number of aliphatic hydroxyl groups excluding tert-OH is 1. The van der Waals surface area contributed by atoms with Gasteiger partial charge in [-0.05, 0) is 36.1 Å². The second-order valence-electron chi connectivity index (χ2n) is 7.35. The van der Waals surface area contributed by atoms with Gasteiger partial charge in [0.2, 0.25) is 0 Å². The molecule has 0 spiro atoms. The van der Waals surface area contributed by atoms with Gasteiger partial charge in [0.1, 0.15) is 0 Å². The molecule has 0 saturated carbocycles. The second-order valence-corrected chi connectivity index (χ2v) is 7.76. The number of aromatic nitrogens is 1. The number of esters is 2. The number of cyclic esters (lactones) is 2. The second kappa shape index (κ2) is 8.88. The number of carbonyl (C=O) groups excluding carboxylic acids is 2. The van der Waals surface area contributed by atoms with Gasteiger partial charge in [-0.15, -0.1) is 0 Å². The lowest BCUT2D eigenvalue weighted by Gasteiger charge is -2.28. The third-order valence-corrected chi connectivity index (χ3v) is 5.48. The van der Waals surface area contributed by atoms with Crippen molar-refractivity contribution in [1.29, 1.82) is 0 Å². The SMILES string of the molecule is O=C1OC(CC(O)CCc2cccnc2)(c2ccc(-c3ccccc3)c(Cl)c2)OC1=O. The maximum absolute atomic E-state index is 11.9. The highest BCUT2D eigenvalue weighted by molar-refractivity contribution is 6.33. The van der Waals surface area contributed by atoms with Crippen LogP contribution in [0.5, 0.6) is 0 Å². The zero-order chi connectivity index (χ0) is 21.8. The Bertz CT molecular complexity index is 1070. The van der Waals surface area contributed by atoms with Gasteiger partial charge in [-0.1, -0.05) is 60.1 Å². The Morgan fingerprint density at radius 2 is 1.74 bits per heavy atom. The summed E-state index contributed by atoms with van der Waals surface area (Å²) in [6.07, 6.45) is 3.34. The number of aryl methyl sites for hydroxylation is 1. The van der Waals surface area contributed by atoms with Crippen LogP contribution in [0.3, 0.4) is 0 Å². The van der Waals surface area contributed by atoms with Crippen molar-refractivity contribution in [2.45, 2.75) is 31.2 Å². The number of rotatable bonds is 7. The number of pyridine rings is 1. The minimum atomic E-state index is -1.72. The molecule has 0 radical (unpaired) electrons. The van der Waals surface area contributed by atoms with Crippen LogP contribution in [-0.2, 0) is 31.3 Å². The van der Waals surface area contributed by atoms with Gasteiger partial charge in [0.05, 0.1) is 12.5 Å². The van der Waals surface area contributed by atoms with Crippen molar-refractivity contribution in [2.24, 2.45) is 0 Å². The summed E-state index contributed by atoms with van der Waals surface area (Å²) < 4.78 is 10.7. The van der Waals surface area contributed by atoms with Crippen molar-refractivity contribution >= 4 is 23.5 Å². The summed E-state index contributed by atoms with van der Waals surface area (Å²) in [7, 11) is 0. The van der Waals surface area contributed by atoms with E-state index in [1.807, 2.05) is 42.5 Å². The summed E-state index contributed by atoms with van der Waals surface area (Å²) in [6.45, 7) is 0. The normalized spacial score (nSPS) is 15.9. The predicted octanol–water partition coefficient (Wildman–Crippen LogP) is 4.04. The third-order valence-electron chi connectivity index (χ3n) is 5.17. The van der Waals surface area contributed by atoms with Crippen LogP contribution in [0.25, 0.3) is 11.1 Å². The van der Waals surface area contributed by atoms with E-state index in [1.165, 1.54) is 0 Å². The van der Waals surface area contributed by atoms with E-state index in [-0.39, 0.29) is 6.42 Å². The number of hydrogen-bond donors (Lipinski definition) is 1. The number of hydrogen-bond acceptors (Lipinski definition) is 6. The van der Waals surface area contributed by atoms with Gasteiger partial charge in [-0.25, -0.2) is 9.59 Å². The summed E-state index contributed by atoms with van der Waals surface area (Å²) in [5, 5.41) is 11.0. The van der Waals surface area contributed by atoms with E-state index < -0.39 is 23.8 Å². The lowest BCUT2D eigenvalue weighted by molar-refractivity contribution is -0.195. The molecule has 2 heterocycles. The molecule has 1 saturated heterocycles. The monoisotopic (exact) mass is 437 g/mol. The van der Waals surface area contributed by atoms with Gasteiger partial charge in [0, 0.05) is 28.5 Å². The molecule has 1 N–H and O–H groups in total. The van der Waals surface area contributed by atoms with Gasteiger partial charge in [-0.2, -0.15) is 0 Å². The van der Waals surface area contributed by atoms with E-state index in [0.29, 0.717) is 23.4 Å². The topological polar surface area (TPSA) is 85.7 Å². The number of nitrogens with zero attached hydrogens (tertiary/aromatic N) is 1. The molecule has 3 aromatic rings. The number of benzene rings is 2. The molecule has 4 rings (SSSR count). The molecule has 0 amide bonds. The van der Waals surface area contributed by atoms with Gasteiger partial charge in [0.15, 0.2) is 0 Å². The first kappa shape index (κ1) is 21.0. The fourth-order valence-electron chi connectivity index (χ4n) is 3.62. The first-order valence-electron chi connectivity index (χ1n) is 9.85. The highest BCUT2D eigenvalue weighted by Gasteiger charge is 2.51. The van der Waals surface area contributed by atoms with E-state index in [2.05, 4.69) is 4.98 Å². The molecular weight excluding hydrogens is 418 g/mol. The van der Waals surface area contributed by atoms with Crippen molar-refractivity contribution in [3.05, 3.63) is 89.2 Å². The van der Waals surface area contributed by atoms with E-state index in [0.717, 1.165) is 16.7 Å².